The summed E-state index contributed by atoms with van der Waals surface area (Å²) < 4.78 is 0. The van der Waals surface area contributed by atoms with Crippen LogP contribution < -0.4 is 0 Å². The lowest BCUT2D eigenvalue weighted by atomic mass is 10.0. The highest BCUT2D eigenvalue weighted by Crippen LogP contribution is 2.13. The Labute approximate surface area is 148 Å². The quantitative estimate of drug-likeness (QED) is 0.860. The van der Waals surface area contributed by atoms with E-state index in [0.717, 1.165) is 6.42 Å². The molecule has 1 aromatic heterocycles. The van der Waals surface area contributed by atoms with Gasteiger partial charge in [-0.15, -0.1) is 0 Å². The van der Waals surface area contributed by atoms with Gasteiger partial charge in [-0.25, -0.2) is 0 Å². The summed E-state index contributed by atoms with van der Waals surface area (Å²) in [6, 6.07) is 11.7. The summed E-state index contributed by atoms with van der Waals surface area (Å²) in [4.78, 5) is 32.5. The number of nitrogens with zero attached hydrogens (tertiary/aromatic N) is 3. The standard InChI is InChI=1S/C20H23N3O2/c1-16-5-2-3-6-17(16)8-9-19(24)22-11-13-23(14-12-22)20(25)18-7-4-10-21-15-18/h2-7,10,15H,8-9,11-14H2,1H3. The number of hydrogen-bond donors (Lipinski definition) is 0. The zero-order valence-electron chi connectivity index (χ0n) is 14.5. The molecule has 0 aliphatic carbocycles. The van der Waals surface area contributed by atoms with Gasteiger partial charge in [0, 0.05) is 45.0 Å². The molecule has 0 radical (unpaired) electrons. The summed E-state index contributed by atoms with van der Waals surface area (Å²) in [6.07, 6.45) is 4.52. The molecule has 1 aromatic carbocycles. The van der Waals surface area contributed by atoms with Crippen LogP contribution in [0.2, 0.25) is 0 Å². The second-order valence-corrected chi connectivity index (χ2v) is 6.34. The molecule has 0 atom stereocenters. The monoisotopic (exact) mass is 337 g/mol. The van der Waals surface area contributed by atoms with Gasteiger partial charge in [0.15, 0.2) is 0 Å². The Morgan fingerprint density at radius 3 is 2.40 bits per heavy atom. The Morgan fingerprint density at radius 1 is 1.00 bits per heavy atom. The van der Waals surface area contributed by atoms with Crippen LogP contribution in [0.4, 0.5) is 0 Å². The van der Waals surface area contributed by atoms with Crippen molar-refractivity contribution in [2.45, 2.75) is 19.8 Å². The van der Waals surface area contributed by atoms with E-state index >= 15 is 0 Å². The van der Waals surface area contributed by atoms with Crippen LogP contribution in [0.3, 0.4) is 0 Å². The van der Waals surface area contributed by atoms with Crippen molar-refractivity contribution in [1.82, 2.24) is 14.8 Å². The normalized spacial score (nSPS) is 14.4. The molecule has 1 fully saturated rings. The van der Waals surface area contributed by atoms with E-state index in [0.29, 0.717) is 38.2 Å². The van der Waals surface area contributed by atoms with Crippen molar-refractivity contribution in [3.8, 4) is 0 Å². The highest BCUT2D eigenvalue weighted by Gasteiger charge is 2.24. The number of amides is 2. The third kappa shape index (κ3) is 4.24. The van der Waals surface area contributed by atoms with Crippen molar-refractivity contribution in [3.63, 3.8) is 0 Å². The molecule has 130 valence electrons. The second kappa shape index (κ2) is 7.92. The third-order valence-corrected chi connectivity index (χ3v) is 4.70. The van der Waals surface area contributed by atoms with Crippen molar-refractivity contribution < 1.29 is 9.59 Å². The summed E-state index contributed by atoms with van der Waals surface area (Å²) in [5, 5.41) is 0. The fraction of sp³-hybridized carbons (Fsp3) is 0.350. The lowest BCUT2D eigenvalue weighted by molar-refractivity contribution is -0.132. The van der Waals surface area contributed by atoms with Gasteiger partial charge in [-0.05, 0) is 36.6 Å². The average Bonchev–Trinajstić information content (AvgIpc) is 2.67. The Hall–Kier alpha value is -2.69. The second-order valence-electron chi connectivity index (χ2n) is 6.34. The van der Waals surface area contributed by atoms with Gasteiger partial charge in [0.05, 0.1) is 5.56 Å². The number of aromatic nitrogens is 1. The zero-order chi connectivity index (χ0) is 17.6. The highest BCUT2D eigenvalue weighted by molar-refractivity contribution is 5.94. The lowest BCUT2D eigenvalue weighted by Crippen LogP contribution is -2.50. The number of aryl methyl sites for hydroxylation is 2. The van der Waals surface area contributed by atoms with Gasteiger partial charge >= 0.3 is 0 Å². The number of carbonyl (C=O) groups is 2. The van der Waals surface area contributed by atoms with Gasteiger partial charge in [-0.1, -0.05) is 24.3 Å². The number of hydrogen-bond acceptors (Lipinski definition) is 3. The topological polar surface area (TPSA) is 53.5 Å². The number of benzene rings is 1. The van der Waals surface area contributed by atoms with Crippen LogP contribution in [-0.2, 0) is 11.2 Å². The van der Waals surface area contributed by atoms with E-state index in [2.05, 4.69) is 24.0 Å². The molecule has 0 saturated carbocycles. The Kier molecular flexibility index (Phi) is 5.43. The molecule has 3 rings (SSSR count). The molecule has 5 nitrogen and oxygen atoms in total. The fourth-order valence-electron chi connectivity index (χ4n) is 3.12. The first-order valence-electron chi connectivity index (χ1n) is 8.67. The largest absolute Gasteiger partial charge is 0.339 e. The number of pyridine rings is 1. The predicted octanol–water partition coefficient (Wildman–Crippen LogP) is 2.31. The van der Waals surface area contributed by atoms with Gasteiger partial charge in [0.2, 0.25) is 5.91 Å². The minimum Gasteiger partial charge on any atom is -0.339 e. The predicted molar refractivity (Wildman–Crippen MR) is 96.2 cm³/mol. The van der Waals surface area contributed by atoms with Crippen molar-refractivity contribution >= 4 is 11.8 Å². The van der Waals surface area contributed by atoms with Crippen molar-refractivity contribution in [3.05, 3.63) is 65.5 Å². The van der Waals surface area contributed by atoms with Gasteiger partial charge in [-0.3, -0.25) is 14.6 Å². The molecule has 1 aliphatic heterocycles. The van der Waals surface area contributed by atoms with Crippen molar-refractivity contribution in [2.75, 3.05) is 26.2 Å². The van der Waals surface area contributed by atoms with E-state index in [9.17, 15) is 9.59 Å². The summed E-state index contributed by atoms with van der Waals surface area (Å²) >= 11 is 0. The lowest BCUT2D eigenvalue weighted by Gasteiger charge is -2.34. The zero-order valence-corrected chi connectivity index (χ0v) is 14.5. The molecule has 0 N–H and O–H groups in total. The molecule has 1 aliphatic rings. The van der Waals surface area contributed by atoms with Crippen molar-refractivity contribution in [2.24, 2.45) is 0 Å². The number of carbonyl (C=O) groups excluding carboxylic acids is 2. The number of piperazine rings is 1. The molecule has 25 heavy (non-hydrogen) atoms. The van der Waals surface area contributed by atoms with Crippen LogP contribution in [-0.4, -0.2) is 52.8 Å². The SMILES string of the molecule is Cc1ccccc1CCC(=O)N1CCN(C(=O)c2cccnc2)CC1. The van der Waals surface area contributed by atoms with Gasteiger partial charge in [-0.2, -0.15) is 0 Å². The maximum Gasteiger partial charge on any atom is 0.255 e. The maximum atomic E-state index is 12.4. The van der Waals surface area contributed by atoms with Gasteiger partial charge in [0.1, 0.15) is 0 Å². The maximum absolute atomic E-state index is 12.4. The molecule has 1 saturated heterocycles. The summed E-state index contributed by atoms with van der Waals surface area (Å²) in [6.45, 7) is 4.41. The molecular weight excluding hydrogens is 314 g/mol. The summed E-state index contributed by atoms with van der Waals surface area (Å²) in [5.41, 5.74) is 3.05. The molecule has 2 heterocycles. The first kappa shape index (κ1) is 17.1. The van der Waals surface area contributed by atoms with Gasteiger partial charge < -0.3 is 9.80 Å². The average molecular weight is 337 g/mol. The van der Waals surface area contributed by atoms with E-state index in [1.54, 1.807) is 29.4 Å². The molecule has 2 amide bonds. The summed E-state index contributed by atoms with van der Waals surface area (Å²) in [5.74, 6) is 0.150. The van der Waals surface area contributed by atoms with Gasteiger partial charge in [0.25, 0.3) is 5.91 Å². The van der Waals surface area contributed by atoms with E-state index < -0.39 is 0 Å². The van der Waals surface area contributed by atoms with Crippen LogP contribution in [0.5, 0.6) is 0 Å². The fourth-order valence-corrected chi connectivity index (χ4v) is 3.12. The molecule has 0 bridgehead atoms. The Balaban J connectivity index is 1.49. The van der Waals surface area contributed by atoms with Crippen LogP contribution in [0.25, 0.3) is 0 Å². The van der Waals surface area contributed by atoms with E-state index in [1.807, 2.05) is 17.0 Å². The van der Waals surface area contributed by atoms with Crippen LogP contribution >= 0.6 is 0 Å². The van der Waals surface area contributed by atoms with E-state index in [1.165, 1.54) is 11.1 Å². The minimum atomic E-state index is -0.0138. The molecule has 0 unspecified atom stereocenters. The molecule has 5 heteroatoms. The summed E-state index contributed by atoms with van der Waals surface area (Å²) in [7, 11) is 0. The van der Waals surface area contributed by atoms with Crippen LogP contribution in [0, 0.1) is 6.92 Å². The van der Waals surface area contributed by atoms with Crippen LogP contribution in [0.1, 0.15) is 27.9 Å². The molecule has 0 spiro atoms. The van der Waals surface area contributed by atoms with E-state index in [4.69, 9.17) is 0 Å². The smallest absolute Gasteiger partial charge is 0.255 e. The Bertz CT molecular complexity index is 738. The number of rotatable bonds is 4. The third-order valence-electron chi connectivity index (χ3n) is 4.70. The van der Waals surface area contributed by atoms with E-state index in [-0.39, 0.29) is 11.8 Å². The first-order chi connectivity index (χ1) is 12.1. The van der Waals surface area contributed by atoms with Crippen LogP contribution in [0.15, 0.2) is 48.8 Å². The molecular formula is C20H23N3O2. The first-order valence-corrected chi connectivity index (χ1v) is 8.67. The minimum absolute atomic E-state index is 0.0138. The molecule has 2 aromatic rings. The Morgan fingerprint density at radius 2 is 1.72 bits per heavy atom. The van der Waals surface area contributed by atoms with Crippen molar-refractivity contribution in [1.29, 1.82) is 0 Å². The highest BCUT2D eigenvalue weighted by atomic mass is 16.2.